The third-order valence-corrected chi connectivity index (χ3v) is 3.46. The molecule has 1 aromatic carbocycles. The largest absolute Gasteiger partial charge is 0.550 e. The molecule has 1 saturated carbocycles. The van der Waals surface area contributed by atoms with Gasteiger partial charge in [-0.15, -0.1) is 0 Å². The molecule has 0 spiro atoms. The number of carboxylic acid groups (broad SMARTS) is 1. The van der Waals surface area contributed by atoms with Crippen LogP contribution in [0.1, 0.15) is 36.0 Å². The fraction of sp³-hybridized carbons (Fsp3) is 0.429. The van der Waals surface area contributed by atoms with E-state index in [1.54, 1.807) is 24.3 Å². The van der Waals surface area contributed by atoms with E-state index >= 15 is 0 Å². The molecule has 0 bridgehead atoms. The van der Waals surface area contributed by atoms with Crippen LogP contribution in [0.4, 0.5) is 0 Å². The Labute approximate surface area is 100 Å². The van der Waals surface area contributed by atoms with Crippen LogP contribution in [-0.4, -0.2) is 11.8 Å². The van der Waals surface area contributed by atoms with Gasteiger partial charge in [0.15, 0.2) is 5.78 Å². The highest BCUT2D eigenvalue weighted by Crippen LogP contribution is 2.32. The monoisotopic (exact) mass is 231 g/mol. The van der Waals surface area contributed by atoms with E-state index in [1.165, 1.54) is 0 Å². The molecule has 1 fully saturated rings. The molecule has 0 unspecified atom stereocenters. The molecule has 2 atom stereocenters. The fourth-order valence-electron chi connectivity index (χ4n) is 2.54. The SMILES string of the molecule is O=C([O-])[C@H]1CCCC[C@@H]1C(=O)c1ccccc1. The van der Waals surface area contributed by atoms with Gasteiger partial charge in [-0.1, -0.05) is 43.2 Å². The number of hydrogen-bond donors (Lipinski definition) is 0. The smallest absolute Gasteiger partial charge is 0.166 e. The van der Waals surface area contributed by atoms with Crippen molar-refractivity contribution in [1.82, 2.24) is 0 Å². The van der Waals surface area contributed by atoms with Crippen molar-refractivity contribution in [2.75, 3.05) is 0 Å². The molecule has 0 radical (unpaired) electrons. The molecule has 3 heteroatoms. The molecule has 0 saturated heterocycles. The van der Waals surface area contributed by atoms with E-state index in [2.05, 4.69) is 0 Å². The predicted molar refractivity (Wildman–Crippen MR) is 61.2 cm³/mol. The molecule has 17 heavy (non-hydrogen) atoms. The average molecular weight is 231 g/mol. The second-order valence-corrected chi connectivity index (χ2v) is 4.55. The van der Waals surface area contributed by atoms with Crippen molar-refractivity contribution < 1.29 is 14.7 Å². The van der Waals surface area contributed by atoms with E-state index in [0.29, 0.717) is 18.4 Å². The molecule has 2 rings (SSSR count). The third kappa shape index (κ3) is 2.54. The Balaban J connectivity index is 2.20. The number of ketones is 1. The summed E-state index contributed by atoms with van der Waals surface area (Å²) >= 11 is 0. The molecular formula is C14H15O3-. The summed E-state index contributed by atoms with van der Waals surface area (Å²) in [5, 5.41) is 11.0. The molecule has 0 aliphatic heterocycles. The molecule has 0 heterocycles. The van der Waals surface area contributed by atoms with Gasteiger partial charge in [0.05, 0.1) is 0 Å². The Bertz CT molecular complexity index is 411. The van der Waals surface area contributed by atoms with E-state index in [-0.39, 0.29) is 5.78 Å². The maximum absolute atomic E-state index is 12.2. The minimum atomic E-state index is -1.08. The lowest BCUT2D eigenvalue weighted by atomic mass is 9.75. The number of hydrogen-bond acceptors (Lipinski definition) is 3. The van der Waals surface area contributed by atoms with Crippen LogP contribution in [0.25, 0.3) is 0 Å². The van der Waals surface area contributed by atoms with Crippen molar-refractivity contribution >= 4 is 11.8 Å². The van der Waals surface area contributed by atoms with Gasteiger partial charge in [0.2, 0.25) is 0 Å². The van der Waals surface area contributed by atoms with E-state index in [9.17, 15) is 14.7 Å². The van der Waals surface area contributed by atoms with Crippen LogP contribution < -0.4 is 5.11 Å². The normalized spacial score (nSPS) is 24.2. The summed E-state index contributed by atoms with van der Waals surface area (Å²) in [5.74, 6) is -2.16. The Morgan fingerprint density at radius 3 is 2.18 bits per heavy atom. The van der Waals surface area contributed by atoms with Crippen LogP contribution in [-0.2, 0) is 4.79 Å². The van der Waals surface area contributed by atoms with Crippen LogP contribution in [0.15, 0.2) is 30.3 Å². The summed E-state index contributed by atoms with van der Waals surface area (Å²) in [7, 11) is 0. The summed E-state index contributed by atoms with van der Waals surface area (Å²) in [6, 6.07) is 8.91. The second-order valence-electron chi connectivity index (χ2n) is 4.55. The quantitative estimate of drug-likeness (QED) is 0.739. The summed E-state index contributed by atoms with van der Waals surface area (Å²) in [6.45, 7) is 0. The molecular weight excluding hydrogens is 216 g/mol. The third-order valence-electron chi connectivity index (χ3n) is 3.46. The summed E-state index contributed by atoms with van der Waals surface area (Å²) < 4.78 is 0. The lowest BCUT2D eigenvalue weighted by Crippen LogP contribution is -2.40. The highest BCUT2D eigenvalue weighted by atomic mass is 16.4. The summed E-state index contributed by atoms with van der Waals surface area (Å²) in [5.41, 5.74) is 0.602. The lowest BCUT2D eigenvalue weighted by molar-refractivity contribution is -0.313. The fourth-order valence-corrected chi connectivity index (χ4v) is 2.54. The number of carbonyl (C=O) groups excluding carboxylic acids is 2. The van der Waals surface area contributed by atoms with E-state index in [4.69, 9.17) is 0 Å². The van der Waals surface area contributed by atoms with Crippen molar-refractivity contribution in [3.8, 4) is 0 Å². The number of carbonyl (C=O) groups is 2. The average Bonchev–Trinajstić information content (AvgIpc) is 2.39. The van der Waals surface area contributed by atoms with Crippen LogP contribution in [0, 0.1) is 11.8 Å². The molecule has 1 aliphatic carbocycles. The highest BCUT2D eigenvalue weighted by molar-refractivity contribution is 5.99. The van der Waals surface area contributed by atoms with Gasteiger partial charge in [-0.3, -0.25) is 4.79 Å². The molecule has 0 N–H and O–H groups in total. The first-order chi connectivity index (χ1) is 8.20. The van der Waals surface area contributed by atoms with Crippen LogP contribution in [0.2, 0.25) is 0 Å². The van der Waals surface area contributed by atoms with Crippen molar-refractivity contribution in [3.63, 3.8) is 0 Å². The Kier molecular flexibility index (Phi) is 3.57. The zero-order valence-corrected chi connectivity index (χ0v) is 9.59. The summed E-state index contributed by atoms with van der Waals surface area (Å²) in [6.07, 6.45) is 3.02. The van der Waals surface area contributed by atoms with Crippen molar-refractivity contribution in [1.29, 1.82) is 0 Å². The van der Waals surface area contributed by atoms with Gasteiger partial charge in [0.1, 0.15) is 0 Å². The minimum absolute atomic E-state index is 0.0560. The summed E-state index contributed by atoms with van der Waals surface area (Å²) in [4.78, 5) is 23.3. The van der Waals surface area contributed by atoms with Gasteiger partial charge >= 0.3 is 0 Å². The van der Waals surface area contributed by atoms with Crippen LogP contribution >= 0.6 is 0 Å². The Morgan fingerprint density at radius 2 is 1.59 bits per heavy atom. The number of benzene rings is 1. The van der Waals surface area contributed by atoms with Crippen molar-refractivity contribution in [2.45, 2.75) is 25.7 Å². The predicted octanol–water partition coefficient (Wildman–Crippen LogP) is 1.43. The highest BCUT2D eigenvalue weighted by Gasteiger charge is 2.31. The molecule has 0 amide bonds. The number of carboxylic acids is 1. The Hall–Kier alpha value is -1.64. The lowest BCUT2D eigenvalue weighted by Gasteiger charge is -2.31. The van der Waals surface area contributed by atoms with Gasteiger partial charge in [0, 0.05) is 23.4 Å². The van der Waals surface area contributed by atoms with E-state index in [0.717, 1.165) is 12.8 Å². The van der Waals surface area contributed by atoms with Gasteiger partial charge < -0.3 is 9.90 Å². The maximum Gasteiger partial charge on any atom is 0.166 e. The number of aliphatic carboxylic acids is 1. The first-order valence-corrected chi connectivity index (χ1v) is 6.00. The standard InChI is InChI=1S/C14H16O3/c15-13(10-6-2-1-3-7-10)11-8-4-5-9-12(11)14(16)17/h1-3,6-7,11-12H,4-5,8-9H2,(H,16,17)/p-1/t11-,12-/m0/s1. The van der Waals surface area contributed by atoms with E-state index < -0.39 is 17.8 Å². The van der Waals surface area contributed by atoms with Crippen LogP contribution in [0.3, 0.4) is 0 Å². The molecule has 1 aliphatic rings. The van der Waals surface area contributed by atoms with Gasteiger partial charge in [-0.25, -0.2) is 0 Å². The maximum atomic E-state index is 12.2. The number of rotatable bonds is 3. The van der Waals surface area contributed by atoms with E-state index in [1.807, 2.05) is 6.07 Å². The first kappa shape index (κ1) is 11.8. The number of Topliss-reactive ketones (excluding diaryl/α,β-unsaturated/α-hetero) is 1. The van der Waals surface area contributed by atoms with Crippen molar-refractivity contribution in [2.24, 2.45) is 11.8 Å². The van der Waals surface area contributed by atoms with Crippen molar-refractivity contribution in [3.05, 3.63) is 35.9 Å². The molecule has 0 aromatic heterocycles. The van der Waals surface area contributed by atoms with Gasteiger partial charge in [-0.2, -0.15) is 0 Å². The first-order valence-electron chi connectivity index (χ1n) is 6.00. The second kappa shape index (κ2) is 5.13. The van der Waals surface area contributed by atoms with Gasteiger partial charge in [0.25, 0.3) is 0 Å². The molecule has 90 valence electrons. The topological polar surface area (TPSA) is 57.2 Å². The minimum Gasteiger partial charge on any atom is -0.550 e. The molecule has 3 nitrogen and oxygen atoms in total. The zero-order chi connectivity index (χ0) is 12.3. The van der Waals surface area contributed by atoms with Crippen LogP contribution in [0.5, 0.6) is 0 Å². The Morgan fingerprint density at radius 1 is 1.00 bits per heavy atom. The van der Waals surface area contributed by atoms with Gasteiger partial charge in [-0.05, 0) is 12.8 Å². The zero-order valence-electron chi connectivity index (χ0n) is 9.59. The molecule has 1 aromatic rings.